The minimum absolute atomic E-state index is 0.0498. The second-order valence-electron chi connectivity index (χ2n) is 6.10. The van der Waals surface area contributed by atoms with Gasteiger partial charge in [0, 0.05) is 19.4 Å². The Balaban J connectivity index is 1.60. The molecule has 1 heterocycles. The first-order valence-electron chi connectivity index (χ1n) is 8.12. The van der Waals surface area contributed by atoms with Crippen molar-refractivity contribution in [2.24, 2.45) is 0 Å². The summed E-state index contributed by atoms with van der Waals surface area (Å²) in [4.78, 5) is 24.1. The molecule has 0 aliphatic heterocycles. The third-order valence-corrected chi connectivity index (χ3v) is 4.43. The number of Topliss-reactive ketones (excluding diaryl/α,β-unsaturated/α-hetero) is 1. The van der Waals surface area contributed by atoms with Crippen LogP contribution >= 0.6 is 0 Å². The highest BCUT2D eigenvalue weighted by atomic mass is 16.4. The van der Waals surface area contributed by atoms with Gasteiger partial charge < -0.3 is 9.73 Å². The fourth-order valence-electron chi connectivity index (χ4n) is 3.14. The maximum atomic E-state index is 12.1. The molecule has 0 fully saturated rings. The van der Waals surface area contributed by atoms with Gasteiger partial charge in [-0.05, 0) is 34.9 Å². The Morgan fingerprint density at radius 1 is 0.958 bits per heavy atom. The van der Waals surface area contributed by atoms with Gasteiger partial charge in [-0.25, -0.2) is 4.79 Å². The zero-order valence-electron chi connectivity index (χ0n) is 13.2. The second kappa shape index (κ2) is 5.96. The summed E-state index contributed by atoms with van der Waals surface area (Å²) >= 11 is 0. The summed E-state index contributed by atoms with van der Waals surface area (Å²) in [5.41, 5.74) is 1.54. The lowest BCUT2D eigenvalue weighted by Gasteiger charge is -2.14. The van der Waals surface area contributed by atoms with Gasteiger partial charge in [0.05, 0.1) is 5.56 Å². The van der Waals surface area contributed by atoms with E-state index in [0.29, 0.717) is 36.4 Å². The quantitative estimate of drug-likeness (QED) is 0.795. The van der Waals surface area contributed by atoms with Gasteiger partial charge in [0.2, 0.25) is 0 Å². The topological polar surface area (TPSA) is 59.3 Å². The minimum Gasteiger partial charge on any atom is -0.426 e. The highest BCUT2D eigenvalue weighted by Crippen LogP contribution is 2.22. The number of rotatable bonds is 3. The predicted octanol–water partition coefficient (Wildman–Crippen LogP) is 3.92. The van der Waals surface area contributed by atoms with Crippen LogP contribution in [0.5, 0.6) is 0 Å². The van der Waals surface area contributed by atoms with E-state index in [1.165, 1.54) is 5.39 Å². The van der Waals surface area contributed by atoms with Crippen LogP contribution in [0.2, 0.25) is 0 Å². The molecular formula is C20H17NO3. The predicted molar refractivity (Wildman–Crippen MR) is 93.5 cm³/mol. The Labute approximate surface area is 139 Å². The summed E-state index contributed by atoms with van der Waals surface area (Å²) in [7, 11) is 0. The molecule has 0 bridgehead atoms. The molecule has 3 aromatic rings. The summed E-state index contributed by atoms with van der Waals surface area (Å²) in [6.07, 6.45) is 1.92. The number of ketones is 1. The molecule has 1 aliphatic carbocycles. The normalized spacial score (nSPS) is 13.8. The molecule has 0 saturated carbocycles. The third kappa shape index (κ3) is 2.71. The molecule has 4 rings (SSSR count). The molecule has 0 saturated heterocycles. The Kier molecular flexibility index (Phi) is 3.65. The third-order valence-electron chi connectivity index (χ3n) is 4.43. The molecule has 1 aliphatic rings. The molecule has 2 aromatic carbocycles. The van der Waals surface area contributed by atoms with Crippen LogP contribution in [0.25, 0.3) is 10.8 Å². The highest BCUT2D eigenvalue weighted by molar-refractivity contribution is 5.98. The lowest BCUT2D eigenvalue weighted by Crippen LogP contribution is -2.18. The Morgan fingerprint density at radius 3 is 2.67 bits per heavy atom. The summed E-state index contributed by atoms with van der Waals surface area (Å²) in [6, 6.07) is 16.0. The van der Waals surface area contributed by atoms with Gasteiger partial charge in [0.25, 0.3) is 0 Å². The van der Waals surface area contributed by atoms with Crippen LogP contribution in [0, 0.1) is 0 Å². The maximum absolute atomic E-state index is 12.1. The minimum atomic E-state index is -0.413. The molecule has 0 amide bonds. The summed E-state index contributed by atoms with van der Waals surface area (Å²) < 4.78 is 5.32. The first kappa shape index (κ1) is 14.7. The van der Waals surface area contributed by atoms with E-state index in [9.17, 15) is 9.59 Å². The standard InChI is InChI=1S/C20H17NO3/c22-18-6-3-7-19-16(18)11-17(20(23)24-19)21-12-13-8-9-14-4-1-2-5-15(14)10-13/h1-2,4-5,8-11,21H,3,6-7,12H2. The number of carbonyl (C=O) groups excluding carboxylic acids is 1. The number of hydrogen-bond donors (Lipinski definition) is 1. The van der Waals surface area contributed by atoms with Crippen LogP contribution in [0.4, 0.5) is 5.69 Å². The van der Waals surface area contributed by atoms with E-state index in [-0.39, 0.29) is 5.78 Å². The van der Waals surface area contributed by atoms with Gasteiger partial charge in [-0.2, -0.15) is 0 Å². The Hall–Kier alpha value is -2.88. The molecule has 120 valence electrons. The number of anilines is 1. The van der Waals surface area contributed by atoms with Gasteiger partial charge in [0.15, 0.2) is 5.78 Å². The van der Waals surface area contributed by atoms with Crippen molar-refractivity contribution in [1.82, 2.24) is 0 Å². The van der Waals surface area contributed by atoms with Crippen LogP contribution < -0.4 is 10.9 Å². The molecule has 4 nitrogen and oxygen atoms in total. The van der Waals surface area contributed by atoms with Crippen molar-refractivity contribution < 1.29 is 9.21 Å². The van der Waals surface area contributed by atoms with Gasteiger partial charge in [0.1, 0.15) is 11.4 Å². The number of fused-ring (bicyclic) bond motifs is 2. The number of hydrogen-bond acceptors (Lipinski definition) is 4. The van der Waals surface area contributed by atoms with Crippen molar-refractivity contribution in [3.63, 3.8) is 0 Å². The van der Waals surface area contributed by atoms with Gasteiger partial charge >= 0.3 is 5.63 Å². The lowest BCUT2D eigenvalue weighted by molar-refractivity contribution is 0.0966. The van der Waals surface area contributed by atoms with Crippen molar-refractivity contribution in [1.29, 1.82) is 0 Å². The molecule has 0 unspecified atom stereocenters. The van der Waals surface area contributed by atoms with Gasteiger partial charge in [-0.15, -0.1) is 0 Å². The van der Waals surface area contributed by atoms with Crippen molar-refractivity contribution in [2.75, 3.05) is 5.32 Å². The number of benzene rings is 2. The van der Waals surface area contributed by atoms with E-state index < -0.39 is 5.63 Å². The lowest BCUT2D eigenvalue weighted by atomic mass is 9.96. The first-order chi connectivity index (χ1) is 11.7. The maximum Gasteiger partial charge on any atom is 0.359 e. The van der Waals surface area contributed by atoms with Crippen LogP contribution in [-0.4, -0.2) is 5.78 Å². The van der Waals surface area contributed by atoms with E-state index in [2.05, 4.69) is 29.6 Å². The fourth-order valence-corrected chi connectivity index (χ4v) is 3.14. The molecule has 0 atom stereocenters. The number of carbonyl (C=O) groups is 1. The molecule has 4 heteroatoms. The second-order valence-corrected chi connectivity index (χ2v) is 6.10. The van der Waals surface area contributed by atoms with Crippen LogP contribution in [0.15, 0.2) is 57.7 Å². The number of aryl methyl sites for hydroxylation is 1. The summed E-state index contributed by atoms with van der Waals surface area (Å²) in [6.45, 7) is 0.503. The summed E-state index contributed by atoms with van der Waals surface area (Å²) in [5.74, 6) is 0.571. The highest BCUT2D eigenvalue weighted by Gasteiger charge is 2.21. The number of nitrogens with one attached hydrogen (secondary N) is 1. The molecular weight excluding hydrogens is 302 g/mol. The van der Waals surface area contributed by atoms with Gasteiger partial charge in [-0.3, -0.25) is 4.79 Å². The Bertz CT molecular complexity index is 988. The van der Waals surface area contributed by atoms with E-state index in [1.54, 1.807) is 6.07 Å². The zero-order valence-corrected chi connectivity index (χ0v) is 13.2. The van der Waals surface area contributed by atoms with E-state index in [1.807, 2.05) is 18.2 Å². The largest absolute Gasteiger partial charge is 0.426 e. The average molecular weight is 319 g/mol. The van der Waals surface area contributed by atoms with Crippen LogP contribution in [0.1, 0.15) is 34.5 Å². The monoisotopic (exact) mass is 319 g/mol. The van der Waals surface area contributed by atoms with Crippen molar-refractivity contribution in [3.05, 3.63) is 75.8 Å². The molecule has 0 spiro atoms. The van der Waals surface area contributed by atoms with Crippen molar-refractivity contribution >= 4 is 22.2 Å². The smallest absolute Gasteiger partial charge is 0.359 e. The van der Waals surface area contributed by atoms with Crippen LogP contribution in [0.3, 0.4) is 0 Å². The first-order valence-corrected chi connectivity index (χ1v) is 8.12. The molecule has 1 aromatic heterocycles. The van der Waals surface area contributed by atoms with Crippen molar-refractivity contribution in [2.45, 2.75) is 25.8 Å². The Morgan fingerprint density at radius 2 is 1.79 bits per heavy atom. The van der Waals surface area contributed by atoms with Crippen molar-refractivity contribution in [3.8, 4) is 0 Å². The van der Waals surface area contributed by atoms with Gasteiger partial charge in [-0.1, -0.05) is 36.4 Å². The molecule has 1 N–H and O–H groups in total. The van der Waals surface area contributed by atoms with E-state index in [4.69, 9.17) is 4.42 Å². The summed E-state index contributed by atoms with van der Waals surface area (Å²) in [5, 5.41) is 5.44. The SMILES string of the molecule is O=C1CCCc2oc(=O)c(NCc3ccc4ccccc4c3)cc21. The molecule has 0 radical (unpaired) electrons. The zero-order chi connectivity index (χ0) is 16.5. The average Bonchev–Trinajstić information content (AvgIpc) is 2.60. The van der Waals surface area contributed by atoms with E-state index >= 15 is 0 Å². The fraction of sp³-hybridized carbons (Fsp3) is 0.200. The van der Waals surface area contributed by atoms with E-state index in [0.717, 1.165) is 17.4 Å². The van der Waals surface area contributed by atoms with Crippen LogP contribution in [-0.2, 0) is 13.0 Å². The molecule has 24 heavy (non-hydrogen) atoms.